The Morgan fingerprint density at radius 2 is 2.05 bits per heavy atom. The molecule has 110 valence electrons. The number of nitrogens with zero attached hydrogens (tertiary/aromatic N) is 2. The van der Waals surface area contributed by atoms with Gasteiger partial charge in [-0.1, -0.05) is 19.1 Å². The van der Waals surface area contributed by atoms with Crippen LogP contribution in [0.1, 0.15) is 33.0 Å². The van der Waals surface area contributed by atoms with E-state index in [4.69, 9.17) is 0 Å². The number of hydrogen-bond acceptors (Lipinski definition) is 3. The highest BCUT2D eigenvalue weighted by Crippen LogP contribution is 2.21. The lowest BCUT2D eigenvalue weighted by molar-refractivity contribution is 0.0490. The van der Waals surface area contributed by atoms with E-state index in [0.29, 0.717) is 6.42 Å². The molecule has 4 nitrogen and oxygen atoms in total. The summed E-state index contributed by atoms with van der Waals surface area (Å²) in [6.07, 6.45) is 1.31. The molecule has 1 aromatic heterocycles. The second-order valence-corrected chi connectivity index (χ2v) is 5.54. The van der Waals surface area contributed by atoms with E-state index in [0.717, 1.165) is 42.9 Å². The molecule has 2 N–H and O–H groups in total. The van der Waals surface area contributed by atoms with Gasteiger partial charge in [-0.15, -0.1) is 0 Å². The summed E-state index contributed by atoms with van der Waals surface area (Å²) in [7, 11) is 0. The fourth-order valence-electron chi connectivity index (χ4n) is 2.58. The summed E-state index contributed by atoms with van der Waals surface area (Å²) in [5, 5.41) is 13.8. The van der Waals surface area contributed by atoms with Crippen molar-refractivity contribution in [1.29, 1.82) is 0 Å². The van der Waals surface area contributed by atoms with Crippen LogP contribution in [0.15, 0.2) is 24.3 Å². The molecule has 0 saturated carbocycles. The maximum atomic E-state index is 10.5. The van der Waals surface area contributed by atoms with Crippen LogP contribution in [0.2, 0.25) is 0 Å². The molecule has 0 aliphatic rings. The smallest absolute Gasteiger partial charge is 0.112 e. The quantitative estimate of drug-likeness (QED) is 0.763. The van der Waals surface area contributed by atoms with Gasteiger partial charge in [0.1, 0.15) is 5.82 Å². The van der Waals surface area contributed by atoms with Gasteiger partial charge in [-0.3, -0.25) is 0 Å². The predicted octanol–water partition coefficient (Wildman–Crippen LogP) is 2.35. The van der Waals surface area contributed by atoms with Crippen molar-refractivity contribution in [2.45, 2.75) is 45.8 Å². The molecule has 4 heteroatoms. The van der Waals surface area contributed by atoms with E-state index in [1.807, 2.05) is 25.1 Å². The molecule has 1 heterocycles. The summed E-state index contributed by atoms with van der Waals surface area (Å²) in [6, 6.07) is 8.15. The molecule has 0 radical (unpaired) electrons. The molecule has 0 bridgehead atoms. The summed E-state index contributed by atoms with van der Waals surface area (Å²) in [4.78, 5) is 4.68. The Balaban J connectivity index is 2.20. The number of rotatable bonds is 7. The molecule has 20 heavy (non-hydrogen) atoms. The summed E-state index contributed by atoms with van der Waals surface area (Å²) in [5.41, 5.74) is 1.43. The fourth-order valence-corrected chi connectivity index (χ4v) is 2.58. The Morgan fingerprint density at radius 1 is 1.30 bits per heavy atom. The molecular weight excluding hydrogens is 250 g/mol. The fraction of sp³-hybridized carbons (Fsp3) is 0.562. The Kier molecular flexibility index (Phi) is 4.78. The largest absolute Gasteiger partial charge is 0.390 e. The SMILES string of the molecule is CCNCCC(C)(O)Cc1nc2ccccc2n1CC. The van der Waals surface area contributed by atoms with Crippen molar-refractivity contribution < 1.29 is 5.11 Å². The number of para-hydroxylation sites is 2. The average Bonchev–Trinajstić information content (AvgIpc) is 2.75. The molecule has 0 saturated heterocycles. The minimum atomic E-state index is -0.726. The second-order valence-electron chi connectivity index (χ2n) is 5.54. The van der Waals surface area contributed by atoms with Gasteiger partial charge in [-0.05, 0) is 45.5 Å². The summed E-state index contributed by atoms with van der Waals surface area (Å²) < 4.78 is 2.19. The van der Waals surface area contributed by atoms with Gasteiger partial charge in [0.05, 0.1) is 16.6 Å². The molecule has 0 fully saturated rings. The summed E-state index contributed by atoms with van der Waals surface area (Å²) >= 11 is 0. The van der Waals surface area contributed by atoms with Gasteiger partial charge in [-0.2, -0.15) is 0 Å². The third-order valence-corrected chi connectivity index (χ3v) is 3.68. The van der Waals surface area contributed by atoms with Gasteiger partial charge in [0, 0.05) is 13.0 Å². The van der Waals surface area contributed by atoms with Crippen molar-refractivity contribution >= 4 is 11.0 Å². The minimum absolute atomic E-state index is 0.584. The van der Waals surface area contributed by atoms with Crippen LogP contribution in [0.3, 0.4) is 0 Å². The van der Waals surface area contributed by atoms with E-state index in [1.54, 1.807) is 0 Å². The van der Waals surface area contributed by atoms with Crippen molar-refractivity contribution in [3.8, 4) is 0 Å². The maximum Gasteiger partial charge on any atom is 0.112 e. The molecule has 2 aromatic rings. The van der Waals surface area contributed by atoms with Crippen LogP contribution in [-0.4, -0.2) is 33.3 Å². The van der Waals surface area contributed by atoms with Crippen LogP contribution in [-0.2, 0) is 13.0 Å². The van der Waals surface area contributed by atoms with Gasteiger partial charge in [0.25, 0.3) is 0 Å². The monoisotopic (exact) mass is 275 g/mol. The number of aromatic nitrogens is 2. The highest BCUT2D eigenvalue weighted by molar-refractivity contribution is 5.75. The van der Waals surface area contributed by atoms with Crippen LogP contribution in [0.25, 0.3) is 11.0 Å². The first-order valence-electron chi connectivity index (χ1n) is 7.44. The standard InChI is InChI=1S/C16H25N3O/c1-4-17-11-10-16(3,20)12-15-18-13-8-6-7-9-14(13)19(15)5-2/h6-9,17,20H,4-5,10-12H2,1-3H3. The first-order chi connectivity index (χ1) is 9.57. The van der Waals surface area contributed by atoms with E-state index in [2.05, 4.69) is 34.8 Å². The van der Waals surface area contributed by atoms with Crippen molar-refractivity contribution in [2.24, 2.45) is 0 Å². The number of imidazole rings is 1. The number of aryl methyl sites for hydroxylation is 1. The molecule has 2 rings (SSSR count). The molecule has 1 unspecified atom stereocenters. The van der Waals surface area contributed by atoms with E-state index in [9.17, 15) is 5.11 Å². The number of benzene rings is 1. The van der Waals surface area contributed by atoms with Crippen LogP contribution in [0.5, 0.6) is 0 Å². The Hall–Kier alpha value is -1.39. The molecule has 0 aliphatic heterocycles. The number of hydrogen-bond donors (Lipinski definition) is 2. The molecule has 0 spiro atoms. The van der Waals surface area contributed by atoms with Crippen LogP contribution >= 0.6 is 0 Å². The van der Waals surface area contributed by atoms with Crippen molar-refractivity contribution in [1.82, 2.24) is 14.9 Å². The van der Waals surface area contributed by atoms with Gasteiger partial charge >= 0.3 is 0 Å². The molecule has 0 amide bonds. The Morgan fingerprint density at radius 3 is 2.75 bits per heavy atom. The summed E-state index contributed by atoms with van der Waals surface area (Å²) in [5.74, 6) is 0.968. The topological polar surface area (TPSA) is 50.1 Å². The third kappa shape index (κ3) is 3.38. The van der Waals surface area contributed by atoms with E-state index in [1.165, 1.54) is 0 Å². The van der Waals surface area contributed by atoms with Gasteiger partial charge in [-0.25, -0.2) is 4.98 Å². The summed E-state index contributed by atoms with van der Waals surface area (Å²) in [6.45, 7) is 8.72. The molecule has 0 aliphatic carbocycles. The van der Waals surface area contributed by atoms with Gasteiger partial charge in [0.2, 0.25) is 0 Å². The first kappa shape index (κ1) is 15.0. The predicted molar refractivity (Wildman–Crippen MR) is 82.9 cm³/mol. The Labute approximate surface area is 120 Å². The van der Waals surface area contributed by atoms with Gasteiger partial charge < -0.3 is 15.0 Å². The first-order valence-corrected chi connectivity index (χ1v) is 7.44. The zero-order chi connectivity index (χ0) is 14.6. The normalized spacial score (nSPS) is 14.6. The van der Waals surface area contributed by atoms with Gasteiger partial charge in [0.15, 0.2) is 0 Å². The van der Waals surface area contributed by atoms with Crippen LogP contribution < -0.4 is 5.32 Å². The highest BCUT2D eigenvalue weighted by Gasteiger charge is 2.23. The zero-order valence-electron chi connectivity index (χ0n) is 12.7. The lowest BCUT2D eigenvalue weighted by atomic mass is 9.97. The minimum Gasteiger partial charge on any atom is -0.390 e. The van der Waals surface area contributed by atoms with Crippen molar-refractivity contribution in [2.75, 3.05) is 13.1 Å². The van der Waals surface area contributed by atoms with E-state index < -0.39 is 5.60 Å². The third-order valence-electron chi connectivity index (χ3n) is 3.68. The molecule has 1 atom stereocenters. The maximum absolute atomic E-state index is 10.5. The highest BCUT2D eigenvalue weighted by atomic mass is 16.3. The van der Waals surface area contributed by atoms with Crippen LogP contribution in [0, 0.1) is 0 Å². The lowest BCUT2D eigenvalue weighted by Gasteiger charge is -2.23. The molecular formula is C16H25N3O. The van der Waals surface area contributed by atoms with Crippen molar-refractivity contribution in [3.63, 3.8) is 0 Å². The number of aliphatic hydroxyl groups is 1. The average molecular weight is 275 g/mol. The van der Waals surface area contributed by atoms with Crippen LogP contribution in [0.4, 0.5) is 0 Å². The lowest BCUT2D eigenvalue weighted by Crippen LogP contribution is -2.33. The number of nitrogens with one attached hydrogen (secondary N) is 1. The van der Waals surface area contributed by atoms with E-state index >= 15 is 0 Å². The van der Waals surface area contributed by atoms with E-state index in [-0.39, 0.29) is 0 Å². The van der Waals surface area contributed by atoms with Crippen molar-refractivity contribution in [3.05, 3.63) is 30.1 Å². The Bertz CT molecular complexity index is 560. The number of fused-ring (bicyclic) bond motifs is 1. The zero-order valence-corrected chi connectivity index (χ0v) is 12.7. The second kappa shape index (κ2) is 6.37. The molecule has 1 aromatic carbocycles.